The Morgan fingerprint density at radius 1 is 1.27 bits per heavy atom. The molecule has 134 valence electrons. The van der Waals surface area contributed by atoms with Crippen molar-refractivity contribution in [2.45, 2.75) is 20.8 Å². The second-order valence-electron chi connectivity index (χ2n) is 5.99. The molecule has 0 unspecified atom stereocenters. The molecule has 0 aliphatic rings. The highest BCUT2D eigenvalue weighted by Crippen LogP contribution is 2.21. The number of hydrogen-bond donors (Lipinski definition) is 2. The molecule has 0 fully saturated rings. The van der Waals surface area contributed by atoms with Crippen molar-refractivity contribution in [2.24, 2.45) is 5.10 Å². The number of nitrogens with zero attached hydrogens (tertiary/aromatic N) is 3. The number of carbonyl (C=O) groups excluding carboxylic acids is 1. The van der Waals surface area contributed by atoms with E-state index in [2.05, 4.69) is 25.4 Å². The molecule has 0 spiro atoms. The summed E-state index contributed by atoms with van der Waals surface area (Å²) in [5.41, 5.74) is 7.69. The first-order chi connectivity index (χ1) is 12.5. The van der Waals surface area contributed by atoms with Crippen LogP contribution < -0.4 is 10.7 Å². The first-order valence-electron chi connectivity index (χ1n) is 8.26. The lowest BCUT2D eigenvalue weighted by Gasteiger charge is -2.05. The first kappa shape index (κ1) is 17.9. The fourth-order valence-electron chi connectivity index (χ4n) is 2.61. The van der Waals surface area contributed by atoms with Gasteiger partial charge in [0.2, 0.25) is 0 Å². The number of hydrazone groups is 1. The van der Waals surface area contributed by atoms with Crippen LogP contribution in [0.1, 0.15) is 22.5 Å². The van der Waals surface area contributed by atoms with Crippen LogP contribution in [0.2, 0.25) is 0 Å². The fraction of sp³-hybridized carbons (Fsp3) is 0.211. The zero-order valence-corrected chi connectivity index (χ0v) is 15.8. The maximum Gasteiger partial charge on any atom is 0.259 e. The molecular formula is C19H21N5OS. The summed E-state index contributed by atoms with van der Waals surface area (Å²) in [5.74, 6) is -0.199. The van der Waals surface area contributed by atoms with Gasteiger partial charge in [-0.3, -0.25) is 9.36 Å². The quantitative estimate of drug-likeness (QED) is 0.518. The number of hydrogen-bond acceptors (Lipinski definition) is 5. The third kappa shape index (κ3) is 4.18. The van der Waals surface area contributed by atoms with Gasteiger partial charge in [-0.05, 0) is 39.0 Å². The molecule has 3 aromatic rings. The number of benzene rings is 1. The van der Waals surface area contributed by atoms with Gasteiger partial charge in [-0.2, -0.15) is 5.10 Å². The van der Waals surface area contributed by atoms with Gasteiger partial charge in [0, 0.05) is 34.2 Å². The molecule has 2 N–H and O–H groups in total. The van der Waals surface area contributed by atoms with Crippen molar-refractivity contribution in [3.8, 4) is 5.13 Å². The zero-order valence-electron chi connectivity index (χ0n) is 15.0. The van der Waals surface area contributed by atoms with Gasteiger partial charge < -0.3 is 5.32 Å². The Morgan fingerprint density at radius 2 is 2.04 bits per heavy atom. The van der Waals surface area contributed by atoms with E-state index in [4.69, 9.17) is 0 Å². The van der Waals surface area contributed by atoms with E-state index >= 15 is 0 Å². The average Bonchev–Trinajstić information content (AvgIpc) is 3.23. The summed E-state index contributed by atoms with van der Waals surface area (Å²) >= 11 is 1.58. The third-order valence-electron chi connectivity index (χ3n) is 3.98. The molecule has 3 rings (SSSR count). The van der Waals surface area contributed by atoms with Crippen molar-refractivity contribution in [2.75, 3.05) is 11.9 Å². The van der Waals surface area contributed by atoms with Gasteiger partial charge in [0.25, 0.3) is 5.91 Å². The molecule has 0 saturated heterocycles. The molecular weight excluding hydrogens is 346 g/mol. The lowest BCUT2D eigenvalue weighted by atomic mass is 10.2. The van der Waals surface area contributed by atoms with E-state index in [0.29, 0.717) is 0 Å². The molecule has 0 bridgehead atoms. The van der Waals surface area contributed by atoms with Crippen molar-refractivity contribution in [1.82, 2.24) is 15.0 Å². The van der Waals surface area contributed by atoms with Crippen molar-refractivity contribution in [1.29, 1.82) is 0 Å². The number of carbonyl (C=O) groups is 1. The molecule has 1 aromatic carbocycles. The molecule has 0 saturated carbocycles. The highest BCUT2D eigenvalue weighted by molar-refractivity contribution is 7.12. The molecule has 7 heteroatoms. The van der Waals surface area contributed by atoms with E-state index in [1.54, 1.807) is 23.7 Å². The summed E-state index contributed by atoms with van der Waals surface area (Å²) in [6.07, 6.45) is 3.45. The Labute approximate surface area is 156 Å². The van der Waals surface area contributed by atoms with E-state index in [9.17, 15) is 4.79 Å². The number of thiazole rings is 1. The maximum atomic E-state index is 11.9. The second-order valence-corrected chi connectivity index (χ2v) is 6.86. The third-order valence-corrected chi connectivity index (χ3v) is 4.73. The van der Waals surface area contributed by atoms with Crippen molar-refractivity contribution in [3.63, 3.8) is 0 Å². The van der Waals surface area contributed by atoms with Crippen LogP contribution in [-0.4, -0.2) is 28.2 Å². The summed E-state index contributed by atoms with van der Waals surface area (Å²) in [6.45, 7) is 6.22. The van der Waals surface area contributed by atoms with E-state index < -0.39 is 0 Å². The highest BCUT2D eigenvalue weighted by Gasteiger charge is 2.11. The molecule has 1 amide bonds. The standard InChI is InChI=1S/C19H21N5OS/c1-13-4-6-17(7-5-13)21-12-18(25)23-22-11-16-10-14(2)24(15(16)3)19-20-8-9-26-19/h4-11,21H,12H2,1-3H3,(H,23,25)/b22-11-. The zero-order chi connectivity index (χ0) is 18.5. The minimum absolute atomic E-state index is 0.165. The average molecular weight is 367 g/mol. The van der Waals surface area contributed by atoms with Crippen LogP contribution in [0, 0.1) is 20.8 Å². The fourth-order valence-corrected chi connectivity index (χ4v) is 3.36. The van der Waals surface area contributed by atoms with Crippen molar-refractivity contribution < 1.29 is 4.79 Å². The number of aromatic nitrogens is 2. The van der Waals surface area contributed by atoms with Crippen LogP contribution in [0.4, 0.5) is 5.69 Å². The topological polar surface area (TPSA) is 71.3 Å². The van der Waals surface area contributed by atoms with E-state index in [-0.39, 0.29) is 12.5 Å². The van der Waals surface area contributed by atoms with Gasteiger partial charge in [-0.25, -0.2) is 10.4 Å². The van der Waals surface area contributed by atoms with Crippen LogP contribution in [0.15, 0.2) is 47.0 Å². The van der Waals surface area contributed by atoms with E-state index in [1.165, 1.54) is 5.56 Å². The van der Waals surface area contributed by atoms with Gasteiger partial charge in [0.15, 0.2) is 5.13 Å². The molecule has 6 nitrogen and oxygen atoms in total. The smallest absolute Gasteiger partial charge is 0.259 e. The van der Waals surface area contributed by atoms with Crippen LogP contribution >= 0.6 is 11.3 Å². The predicted octanol–water partition coefficient (Wildman–Crippen LogP) is 3.42. The highest BCUT2D eigenvalue weighted by atomic mass is 32.1. The maximum absolute atomic E-state index is 11.9. The monoisotopic (exact) mass is 367 g/mol. The minimum atomic E-state index is -0.199. The Bertz CT molecular complexity index is 910. The molecule has 0 aliphatic heterocycles. The number of anilines is 1. The lowest BCUT2D eigenvalue weighted by molar-refractivity contribution is -0.119. The van der Waals surface area contributed by atoms with Crippen LogP contribution in [-0.2, 0) is 4.79 Å². The summed E-state index contributed by atoms with van der Waals surface area (Å²) < 4.78 is 2.08. The van der Waals surface area contributed by atoms with E-state index in [0.717, 1.165) is 27.8 Å². The van der Waals surface area contributed by atoms with Gasteiger partial charge in [0.1, 0.15) is 0 Å². The SMILES string of the molecule is Cc1ccc(NCC(=O)N/N=C\c2cc(C)n(-c3nccs3)c2C)cc1. The Balaban J connectivity index is 1.57. The summed E-state index contributed by atoms with van der Waals surface area (Å²) in [5, 5.41) is 10.0. The van der Waals surface area contributed by atoms with Gasteiger partial charge in [-0.1, -0.05) is 17.7 Å². The van der Waals surface area contributed by atoms with Crippen LogP contribution in [0.25, 0.3) is 5.13 Å². The molecule has 0 radical (unpaired) electrons. The number of amides is 1. The molecule has 26 heavy (non-hydrogen) atoms. The van der Waals surface area contributed by atoms with Crippen molar-refractivity contribution in [3.05, 3.63) is 64.4 Å². The summed E-state index contributed by atoms with van der Waals surface area (Å²) in [7, 11) is 0. The van der Waals surface area contributed by atoms with E-state index in [1.807, 2.05) is 56.5 Å². The second kappa shape index (κ2) is 7.97. The normalized spacial score (nSPS) is 11.0. The Hall–Kier alpha value is -2.93. The molecule has 2 heterocycles. The Morgan fingerprint density at radius 3 is 2.73 bits per heavy atom. The van der Waals surface area contributed by atoms with Gasteiger partial charge in [-0.15, -0.1) is 11.3 Å². The molecule has 2 aromatic heterocycles. The minimum Gasteiger partial charge on any atom is -0.376 e. The van der Waals surface area contributed by atoms with Gasteiger partial charge in [0.05, 0.1) is 12.8 Å². The number of rotatable bonds is 6. The Kier molecular flexibility index (Phi) is 5.48. The summed E-state index contributed by atoms with van der Waals surface area (Å²) in [6, 6.07) is 9.91. The largest absolute Gasteiger partial charge is 0.376 e. The van der Waals surface area contributed by atoms with Gasteiger partial charge >= 0.3 is 0 Å². The lowest BCUT2D eigenvalue weighted by Crippen LogP contribution is -2.25. The van der Waals surface area contributed by atoms with Crippen LogP contribution in [0.3, 0.4) is 0 Å². The van der Waals surface area contributed by atoms with Crippen molar-refractivity contribution >= 4 is 29.1 Å². The number of nitrogens with one attached hydrogen (secondary N) is 2. The molecule has 0 aliphatic carbocycles. The van der Waals surface area contributed by atoms with Crippen LogP contribution in [0.5, 0.6) is 0 Å². The first-order valence-corrected chi connectivity index (χ1v) is 9.14. The number of aryl methyl sites for hydroxylation is 2. The molecule has 0 atom stereocenters. The predicted molar refractivity (Wildman–Crippen MR) is 106 cm³/mol. The summed E-state index contributed by atoms with van der Waals surface area (Å²) in [4.78, 5) is 16.3.